The van der Waals surface area contributed by atoms with Gasteiger partial charge in [-0.1, -0.05) is 32.0 Å². The molecule has 1 aliphatic rings. The van der Waals surface area contributed by atoms with Crippen LogP contribution in [0.1, 0.15) is 44.7 Å². The van der Waals surface area contributed by atoms with Crippen molar-refractivity contribution >= 4 is 11.6 Å². The van der Waals surface area contributed by atoms with Gasteiger partial charge in [0.25, 0.3) is 0 Å². The van der Waals surface area contributed by atoms with Crippen molar-refractivity contribution in [1.82, 2.24) is 4.90 Å². The lowest BCUT2D eigenvalue weighted by Crippen LogP contribution is -2.48. The molecule has 22 heavy (non-hydrogen) atoms. The van der Waals surface area contributed by atoms with E-state index in [1.54, 1.807) is 0 Å². The van der Waals surface area contributed by atoms with Crippen molar-refractivity contribution in [2.45, 2.75) is 52.7 Å². The first-order valence-electron chi connectivity index (χ1n) is 8.14. The van der Waals surface area contributed by atoms with Crippen LogP contribution in [0.3, 0.4) is 0 Å². The molecule has 1 amide bonds. The van der Waals surface area contributed by atoms with Gasteiger partial charge in [-0.3, -0.25) is 9.69 Å². The molecule has 4 nitrogen and oxygen atoms in total. The van der Waals surface area contributed by atoms with Crippen molar-refractivity contribution in [1.29, 1.82) is 0 Å². The molecule has 0 aromatic heterocycles. The molecule has 1 saturated heterocycles. The number of rotatable bonds is 4. The van der Waals surface area contributed by atoms with Gasteiger partial charge in [-0.25, -0.2) is 0 Å². The number of morpholine rings is 1. The molecule has 0 saturated carbocycles. The summed E-state index contributed by atoms with van der Waals surface area (Å²) in [7, 11) is 0. The van der Waals surface area contributed by atoms with E-state index in [9.17, 15) is 4.79 Å². The lowest BCUT2D eigenvalue weighted by Gasteiger charge is -2.34. The Hall–Kier alpha value is -1.39. The second-order valence-electron chi connectivity index (χ2n) is 6.69. The van der Waals surface area contributed by atoms with Gasteiger partial charge in [0.2, 0.25) is 5.91 Å². The van der Waals surface area contributed by atoms with Gasteiger partial charge >= 0.3 is 0 Å². The second kappa shape index (κ2) is 7.25. The van der Waals surface area contributed by atoms with Crippen LogP contribution in [0.5, 0.6) is 0 Å². The Kier molecular flexibility index (Phi) is 5.59. The van der Waals surface area contributed by atoms with Crippen LogP contribution in [0.15, 0.2) is 18.2 Å². The predicted octanol–water partition coefficient (Wildman–Crippen LogP) is 3.17. The summed E-state index contributed by atoms with van der Waals surface area (Å²) >= 11 is 0. The summed E-state index contributed by atoms with van der Waals surface area (Å²) < 4.78 is 5.71. The standard InChI is InChI=1S/C18H28N2O2/c1-12(2)16-8-6-7-13(3)18(16)19-17(21)11-20-9-14(4)22-15(5)10-20/h6-8,12,14-15H,9-11H2,1-5H3,(H,19,21)/t14-,15-/m0/s1. The fraction of sp³-hybridized carbons (Fsp3) is 0.611. The third kappa shape index (κ3) is 4.31. The first kappa shape index (κ1) is 17.0. The molecular formula is C18H28N2O2. The molecule has 0 unspecified atom stereocenters. The number of carbonyl (C=O) groups is 1. The van der Waals surface area contributed by atoms with Crippen molar-refractivity contribution in [3.05, 3.63) is 29.3 Å². The number of ether oxygens (including phenoxy) is 1. The molecule has 1 heterocycles. The molecule has 0 spiro atoms. The zero-order chi connectivity index (χ0) is 16.3. The lowest BCUT2D eigenvalue weighted by molar-refractivity contribution is -0.121. The molecule has 0 aliphatic carbocycles. The fourth-order valence-electron chi connectivity index (χ4n) is 3.14. The van der Waals surface area contributed by atoms with Crippen molar-refractivity contribution in [3.63, 3.8) is 0 Å². The highest BCUT2D eigenvalue weighted by Crippen LogP contribution is 2.27. The summed E-state index contributed by atoms with van der Waals surface area (Å²) in [4.78, 5) is 14.6. The quantitative estimate of drug-likeness (QED) is 0.929. The van der Waals surface area contributed by atoms with Crippen molar-refractivity contribution < 1.29 is 9.53 Å². The molecule has 1 aliphatic heterocycles. The number of amides is 1. The molecule has 1 aromatic rings. The van der Waals surface area contributed by atoms with Crippen molar-refractivity contribution in [3.8, 4) is 0 Å². The van der Waals surface area contributed by atoms with Crippen molar-refractivity contribution in [2.24, 2.45) is 0 Å². The molecule has 1 fully saturated rings. The normalized spacial score (nSPS) is 22.8. The van der Waals surface area contributed by atoms with E-state index in [1.165, 1.54) is 5.56 Å². The van der Waals surface area contributed by atoms with Crippen LogP contribution in [0.2, 0.25) is 0 Å². The second-order valence-corrected chi connectivity index (χ2v) is 6.69. The maximum atomic E-state index is 12.4. The number of aryl methyl sites for hydroxylation is 1. The van der Waals surface area contributed by atoms with Gasteiger partial charge in [0.1, 0.15) is 0 Å². The van der Waals surface area contributed by atoms with Gasteiger partial charge in [0.15, 0.2) is 0 Å². The van der Waals surface area contributed by atoms with Crippen molar-refractivity contribution in [2.75, 3.05) is 25.0 Å². The maximum absolute atomic E-state index is 12.4. The minimum atomic E-state index is 0.0532. The third-order valence-corrected chi connectivity index (χ3v) is 4.05. The number of para-hydroxylation sites is 1. The first-order chi connectivity index (χ1) is 10.4. The van der Waals surface area contributed by atoms with Crippen LogP contribution in [-0.4, -0.2) is 42.6 Å². The van der Waals surface area contributed by atoms with E-state index in [0.29, 0.717) is 12.5 Å². The Bertz CT molecular complexity index is 518. The highest BCUT2D eigenvalue weighted by molar-refractivity contribution is 5.93. The minimum Gasteiger partial charge on any atom is -0.373 e. The maximum Gasteiger partial charge on any atom is 0.238 e. The van der Waals surface area contributed by atoms with Crippen LogP contribution in [0.25, 0.3) is 0 Å². The van der Waals surface area contributed by atoms with Gasteiger partial charge in [-0.05, 0) is 37.8 Å². The SMILES string of the molecule is Cc1cccc(C(C)C)c1NC(=O)CN1C[C@H](C)O[C@@H](C)C1. The number of anilines is 1. The lowest BCUT2D eigenvalue weighted by atomic mass is 9.98. The van der Waals surface area contributed by atoms with Gasteiger partial charge in [-0.15, -0.1) is 0 Å². The van der Waals surface area contributed by atoms with E-state index in [2.05, 4.69) is 44.0 Å². The summed E-state index contributed by atoms with van der Waals surface area (Å²) in [6.45, 7) is 12.5. The van der Waals surface area contributed by atoms with Crippen LogP contribution in [0, 0.1) is 6.92 Å². The number of hydrogen-bond donors (Lipinski definition) is 1. The van der Waals surface area contributed by atoms with E-state index in [-0.39, 0.29) is 18.1 Å². The largest absolute Gasteiger partial charge is 0.373 e. The number of carbonyl (C=O) groups excluding carboxylic acids is 1. The summed E-state index contributed by atoms with van der Waals surface area (Å²) in [5.41, 5.74) is 3.28. The van der Waals surface area contributed by atoms with Gasteiger partial charge in [0.05, 0.1) is 18.8 Å². The Balaban J connectivity index is 2.03. The zero-order valence-corrected chi connectivity index (χ0v) is 14.3. The van der Waals surface area contributed by atoms with Crippen LogP contribution >= 0.6 is 0 Å². The molecule has 2 rings (SSSR count). The number of nitrogens with zero attached hydrogens (tertiary/aromatic N) is 1. The monoisotopic (exact) mass is 304 g/mol. The van der Waals surface area contributed by atoms with E-state index in [1.807, 2.05) is 19.1 Å². The highest BCUT2D eigenvalue weighted by Gasteiger charge is 2.24. The van der Waals surface area contributed by atoms with Gasteiger partial charge < -0.3 is 10.1 Å². The molecule has 0 radical (unpaired) electrons. The van der Waals surface area contributed by atoms with E-state index < -0.39 is 0 Å². The molecular weight excluding hydrogens is 276 g/mol. The average Bonchev–Trinajstić information content (AvgIpc) is 2.39. The number of nitrogens with one attached hydrogen (secondary N) is 1. The molecule has 1 N–H and O–H groups in total. The van der Waals surface area contributed by atoms with E-state index >= 15 is 0 Å². The number of benzene rings is 1. The summed E-state index contributed by atoms with van der Waals surface area (Å²) in [6.07, 6.45) is 0.363. The van der Waals surface area contributed by atoms with Crippen LogP contribution in [-0.2, 0) is 9.53 Å². The molecule has 2 atom stereocenters. The molecule has 0 bridgehead atoms. The first-order valence-corrected chi connectivity index (χ1v) is 8.14. The minimum absolute atomic E-state index is 0.0532. The molecule has 122 valence electrons. The predicted molar refractivity (Wildman–Crippen MR) is 90.3 cm³/mol. The molecule has 4 heteroatoms. The van der Waals surface area contributed by atoms with Gasteiger partial charge in [0, 0.05) is 18.8 Å². The Morgan fingerprint density at radius 2 is 1.95 bits per heavy atom. The van der Waals surface area contributed by atoms with Crippen LogP contribution < -0.4 is 5.32 Å². The topological polar surface area (TPSA) is 41.6 Å². The zero-order valence-electron chi connectivity index (χ0n) is 14.3. The summed E-state index contributed by atoms with van der Waals surface area (Å²) in [6, 6.07) is 6.18. The Morgan fingerprint density at radius 1 is 1.32 bits per heavy atom. The Morgan fingerprint density at radius 3 is 2.55 bits per heavy atom. The summed E-state index contributed by atoms with van der Waals surface area (Å²) in [5, 5.41) is 3.12. The number of hydrogen-bond acceptors (Lipinski definition) is 3. The third-order valence-electron chi connectivity index (χ3n) is 4.05. The van der Waals surface area contributed by atoms with Crippen LogP contribution in [0.4, 0.5) is 5.69 Å². The Labute approximate surface area is 133 Å². The average molecular weight is 304 g/mol. The van der Waals surface area contributed by atoms with Gasteiger partial charge in [-0.2, -0.15) is 0 Å². The fourth-order valence-corrected chi connectivity index (χ4v) is 3.14. The smallest absolute Gasteiger partial charge is 0.238 e. The molecule has 1 aromatic carbocycles. The highest BCUT2D eigenvalue weighted by atomic mass is 16.5. The van der Waals surface area contributed by atoms with E-state index in [4.69, 9.17) is 4.74 Å². The summed E-state index contributed by atoms with van der Waals surface area (Å²) in [5.74, 6) is 0.441. The van der Waals surface area contributed by atoms with E-state index in [0.717, 1.165) is 24.3 Å².